The van der Waals surface area contributed by atoms with Gasteiger partial charge in [0.25, 0.3) is 10.0 Å². The van der Waals surface area contributed by atoms with Crippen molar-refractivity contribution in [3.63, 3.8) is 0 Å². The Balaban J connectivity index is 1.81. The van der Waals surface area contributed by atoms with E-state index in [1.54, 1.807) is 26.2 Å². The zero-order chi connectivity index (χ0) is 20.1. The molecule has 0 unspecified atom stereocenters. The summed E-state index contributed by atoms with van der Waals surface area (Å²) in [6.45, 7) is 5.86. The Kier molecular flexibility index (Phi) is 4.58. The van der Waals surface area contributed by atoms with E-state index in [1.807, 2.05) is 38.1 Å². The summed E-state index contributed by atoms with van der Waals surface area (Å²) in [7, 11) is -2.12. The molecule has 1 N–H and O–H groups in total. The molecular weight excluding hydrogens is 370 g/mol. The average molecular weight is 396 g/mol. The van der Waals surface area contributed by atoms with Crippen LogP contribution in [0.15, 0.2) is 47.4 Å². The van der Waals surface area contributed by atoms with Crippen LogP contribution >= 0.6 is 0 Å². The van der Waals surface area contributed by atoms with Crippen molar-refractivity contribution in [2.24, 2.45) is 0 Å². The van der Waals surface area contributed by atoms with Gasteiger partial charge in [-0.2, -0.15) is 0 Å². The van der Waals surface area contributed by atoms with E-state index in [1.165, 1.54) is 16.5 Å². The van der Waals surface area contributed by atoms with E-state index < -0.39 is 10.0 Å². The second kappa shape index (κ2) is 6.82. The van der Waals surface area contributed by atoms with E-state index in [9.17, 15) is 8.42 Å². The van der Waals surface area contributed by atoms with Crippen molar-refractivity contribution in [2.75, 3.05) is 11.8 Å². The molecule has 0 bridgehead atoms. The van der Waals surface area contributed by atoms with Crippen molar-refractivity contribution in [3.8, 4) is 5.75 Å². The lowest BCUT2D eigenvalue weighted by atomic mass is 10.0. The topological polar surface area (TPSA) is 55.4 Å². The van der Waals surface area contributed by atoms with Gasteiger partial charge in [0.2, 0.25) is 0 Å². The van der Waals surface area contributed by atoms with Crippen LogP contribution in [0.2, 0.25) is 0 Å². The minimum absolute atomic E-state index is 0.154. The molecule has 146 valence electrons. The molecule has 4 rings (SSSR count). The van der Waals surface area contributed by atoms with Gasteiger partial charge in [-0.25, -0.2) is 8.42 Å². The first-order valence-corrected chi connectivity index (χ1v) is 11.0. The number of rotatable bonds is 5. The lowest BCUT2D eigenvalue weighted by Crippen LogP contribution is -2.15. The van der Waals surface area contributed by atoms with Crippen LogP contribution < -0.4 is 9.46 Å². The number of hydrogen-bond acceptors (Lipinski definition) is 3. The number of aryl methyl sites for hydroxylation is 3. The summed E-state index contributed by atoms with van der Waals surface area (Å²) in [6.07, 6.45) is 2.02. The van der Waals surface area contributed by atoms with E-state index in [0.717, 1.165) is 29.5 Å². The SMILES string of the molecule is COc1cc(C)c(S(=O)(=O)Nc2ccc3c4c(cccc24)CC3)cc1C(C)C. The number of anilines is 1. The number of hydrogen-bond donors (Lipinski definition) is 1. The Bertz CT molecular complexity index is 1170. The third-order valence-electron chi connectivity index (χ3n) is 5.56. The van der Waals surface area contributed by atoms with E-state index in [0.29, 0.717) is 16.1 Å². The molecule has 0 spiro atoms. The Morgan fingerprint density at radius 3 is 2.43 bits per heavy atom. The molecule has 28 heavy (non-hydrogen) atoms. The number of nitrogens with one attached hydrogen (secondary N) is 1. The largest absolute Gasteiger partial charge is 0.496 e. The summed E-state index contributed by atoms with van der Waals surface area (Å²) < 4.78 is 34.8. The number of methoxy groups -OCH3 is 1. The quantitative estimate of drug-likeness (QED) is 0.648. The minimum Gasteiger partial charge on any atom is -0.496 e. The smallest absolute Gasteiger partial charge is 0.262 e. The van der Waals surface area contributed by atoms with Crippen LogP contribution in [0.25, 0.3) is 10.8 Å². The lowest BCUT2D eigenvalue weighted by Gasteiger charge is -2.18. The second-order valence-electron chi connectivity index (χ2n) is 7.73. The molecule has 5 heteroatoms. The Morgan fingerprint density at radius 1 is 1.04 bits per heavy atom. The van der Waals surface area contributed by atoms with Crippen molar-refractivity contribution in [3.05, 3.63) is 64.7 Å². The van der Waals surface area contributed by atoms with Gasteiger partial charge in [-0.3, -0.25) is 4.72 Å². The molecule has 0 saturated heterocycles. The molecule has 4 nitrogen and oxygen atoms in total. The fourth-order valence-corrected chi connectivity index (χ4v) is 5.47. The van der Waals surface area contributed by atoms with Crippen LogP contribution in [0, 0.1) is 6.92 Å². The summed E-state index contributed by atoms with van der Waals surface area (Å²) in [6, 6.07) is 13.6. The number of benzene rings is 3. The van der Waals surface area contributed by atoms with E-state index in [4.69, 9.17) is 4.74 Å². The summed E-state index contributed by atoms with van der Waals surface area (Å²) in [5.41, 5.74) is 4.75. The highest BCUT2D eigenvalue weighted by Gasteiger charge is 2.23. The molecule has 0 radical (unpaired) electrons. The van der Waals surface area contributed by atoms with Crippen LogP contribution in [0.5, 0.6) is 5.75 Å². The maximum absolute atomic E-state index is 13.3. The Hall–Kier alpha value is -2.53. The van der Waals surface area contributed by atoms with E-state index in [-0.39, 0.29) is 5.92 Å². The molecule has 0 fully saturated rings. The van der Waals surface area contributed by atoms with Crippen molar-refractivity contribution in [2.45, 2.75) is 44.4 Å². The summed E-state index contributed by atoms with van der Waals surface area (Å²) in [5.74, 6) is 0.873. The highest BCUT2D eigenvalue weighted by atomic mass is 32.2. The van der Waals surface area contributed by atoms with Gasteiger partial charge in [-0.1, -0.05) is 38.1 Å². The summed E-state index contributed by atoms with van der Waals surface area (Å²) >= 11 is 0. The number of ether oxygens (including phenoxy) is 1. The average Bonchev–Trinajstić information content (AvgIpc) is 3.08. The number of sulfonamides is 1. The molecule has 0 aromatic heterocycles. The standard InChI is InChI=1S/C23H25NO3S/c1-14(2)19-13-22(15(3)12-21(19)27-4)28(25,26)24-20-11-10-17-9-8-16-6-5-7-18(20)23(16)17/h5-7,10-14,24H,8-9H2,1-4H3. The van der Waals surface area contributed by atoms with Crippen molar-refractivity contribution >= 4 is 26.5 Å². The predicted molar refractivity (Wildman–Crippen MR) is 114 cm³/mol. The van der Waals surface area contributed by atoms with Gasteiger partial charge in [0.05, 0.1) is 17.7 Å². The monoisotopic (exact) mass is 395 g/mol. The second-order valence-corrected chi connectivity index (χ2v) is 9.38. The first kappa shape index (κ1) is 18.8. The third kappa shape index (κ3) is 3.04. The maximum atomic E-state index is 13.3. The molecule has 0 heterocycles. The van der Waals surface area contributed by atoms with Crippen LogP contribution in [0.3, 0.4) is 0 Å². The van der Waals surface area contributed by atoms with Crippen molar-refractivity contribution in [1.82, 2.24) is 0 Å². The molecule has 3 aromatic rings. The van der Waals surface area contributed by atoms with E-state index in [2.05, 4.69) is 10.8 Å². The molecule has 1 aliphatic rings. The van der Waals surface area contributed by atoms with Crippen LogP contribution in [-0.4, -0.2) is 15.5 Å². The first-order valence-electron chi connectivity index (χ1n) is 9.56. The fourth-order valence-electron chi connectivity index (χ4n) is 4.13. The van der Waals surface area contributed by atoms with Gasteiger partial charge in [0.15, 0.2) is 0 Å². The van der Waals surface area contributed by atoms with Gasteiger partial charge < -0.3 is 4.74 Å². The molecule has 0 amide bonds. The minimum atomic E-state index is -3.73. The predicted octanol–water partition coefficient (Wildman–Crippen LogP) is 5.18. The van der Waals surface area contributed by atoms with Crippen molar-refractivity contribution in [1.29, 1.82) is 0 Å². The zero-order valence-corrected chi connectivity index (χ0v) is 17.5. The van der Waals surface area contributed by atoms with Crippen LogP contribution in [0.4, 0.5) is 5.69 Å². The van der Waals surface area contributed by atoms with Gasteiger partial charge in [0.1, 0.15) is 5.75 Å². The van der Waals surface area contributed by atoms with Gasteiger partial charge >= 0.3 is 0 Å². The zero-order valence-electron chi connectivity index (χ0n) is 16.7. The highest BCUT2D eigenvalue weighted by molar-refractivity contribution is 7.92. The van der Waals surface area contributed by atoms with Gasteiger partial charge in [0, 0.05) is 5.39 Å². The molecule has 0 atom stereocenters. The van der Waals surface area contributed by atoms with E-state index >= 15 is 0 Å². The lowest BCUT2D eigenvalue weighted by molar-refractivity contribution is 0.406. The summed E-state index contributed by atoms with van der Waals surface area (Å²) in [5, 5.41) is 2.16. The molecule has 3 aromatic carbocycles. The Morgan fingerprint density at radius 2 is 1.75 bits per heavy atom. The highest BCUT2D eigenvalue weighted by Crippen LogP contribution is 2.37. The Labute approximate surface area is 166 Å². The van der Waals surface area contributed by atoms with Gasteiger partial charge in [-0.15, -0.1) is 0 Å². The molecular formula is C23H25NO3S. The third-order valence-corrected chi connectivity index (χ3v) is 7.07. The van der Waals surface area contributed by atoms with Crippen LogP contribution in [-0.2, 0) is 22.9 Å². The normalized spacial score (nSPS) is 13.3. The fraction of sp³-hybridized carbons (Fsp3) is 0.304. The van der Waals surface area contributed by atoms with Crippen molar-refractivity contribution < 1.29 is 13.2 Å². The van der Waals surface area contributed by atoms with Crippen LogP contribution in [0.1, 0.15) is 42.0 Å². The molecule has 0 aliphatic heterocycles. The molecule has 1 aliphatic carbocycles. The summed E-state index contributed by atoms with van der Waals surface area (Å²) in [4.78, 5) is 0.292. The molecule has 0 saturated carbocycles. The van der Waals surface area contributed by atoms with Gasteiger partial charge in [-0.05, 0) is 71.5 Å². The first-order chi connectivity index (χ1) is 13.3. The maximum Gasteiger partial charge on any atom is 0.262 e.